The Morgan fingerprint density at radius 2 is 1.67 bits per heavy atom. The lowest BCUT2D eigenvalue weighted by molar-refractivity contribution is 0.600. The molecule has 0 spiro atoms. The third-order valence-electron chi connectivity index (χ3n) is 4.17. The lowest BCUT2D eigenvalue weighted by Crippen LogP contribution is -2.13. The summed E-state index contributed by atoms with van der Waals surface area (Å²) < 4.78 is 30.6. The average molecular weight is 442 g/mol. The fraction of sp³-hybridized carbons (Fsp3) is 0.0500. The lowest BCUT2D eigenvalue weighted by Gasteiger charge is -2.07. The number of nitrogens with one attached hydrogen (secondary N) is 1. The molecule has 4 aromatic rings. The highest BCUT2D eigenvalue weighted by atomic mass is 79.9. The van der Waals surface area contributed by atoms with Gasteiger partial charge in [-0.2, -0.15) is 5.10 Å². The summed E-state index contributed by atoms with van der Waals surface area (Å²) in [6.45, 7) is 0.560. The largest absolute Gasteiger partial charge is 0.266 e. The monoisotopic (exact) mass is 441 g/mol. The molecule has 136 valence electrons. The van der Waals surface area contributed by atoms with Crippen LogP contribution in [0.2, 0.25) is 0 Å². The van der Waals surface area contributed by atoms with Crippen LogP contribution in [0.4, 0.5) is 5.82 Å². The third kappa shape index (κ3) is 4.04. The van der Waals surface area contributed by atoms with Crippen LogP contribution >= 0.6 is 15.9 Å². The van der Waals surface area contributed by atoms with Gasteiger partial charge in [0.1, 0.15) is 0 Å². The van der Waals surface area contributed by atoms with Gasteiger partial charge < -0.3 is 0 Å². The number of fused-ring (bicyclic) bond motifs is 1. The van der Waals surface area contributed by atoms with E-state index in [9.17, 15) is 8.42 Å². The predicted molar refractivity (Wildman–Crippen MR) is 110 cm³/mol. The van der Waals surface area contributed by atoms with Crippen LogP contribution < -0.4 is 4.72 Å². The van der Waals surface area contributed by atoms with Gasteiger partial charge in [-0.05, 0) is 40.6 Å². The number of halogens is 1. The lowest BCUT2D eigenvalue weighted by atomic mass is 10.1. The molecule has 0 aliphatic rings. The zero-order chi connectivity index (χ0) is 18.9. The first kappa shape index (κ1) is 17.8. The van der Waals surface area contributed by atoms with Gasteiger partial charge in [-0.3, -0.25) is 9.40 Å². The molecule has 1 N–H and O–H groups in total. The van der Waals surface area contributed by atoms with Crippen LogP contribution in [0.15, 0.2) is 88.4 Å². The van der Waals surface area contributed by atoms with E-state index >= 15 is 0 Å². The number of nitrogens with zero attached hydrogens (tertiary/aromatic N) is 2. The number of anilines is 1. The second kappa shape index (κ2) is 7.17. The maximum Gasteiger partial charge on any atom is 0.263 e. The fourth-order valence-corrected chi connectivity index (χ4v) is 4.11. The van der Waals surface area contributed by atoms with E-state index in [-0.39, 0.29) is 4.90 Å². The van der Waals surface area contributed by atoms with Crippen molar-refractivity contribution in [3.05, 3.63) is 89.0 Å². The first-order valence-electron chi connectivity index (χ1n) is 8.29. The van der Waals surface area contributed by atoms with Crippen molar-refractivity contribution in [2.75, 3.05) is 4.72 Å². The zero-order valence-corrected chi connectivity index (χ0v) is 16.6. The van der Waals surface area contributed by atoms with E-state index in [1.165, 1.54) is 0 Å². The molecule has 0 fully saturated rings. The fourth-order valence-electron chi connectivity index (χ4n) is 2.81. The minimum atomic E-state index is -3.70. The first-order chi connectivity index (χ1) is 13.0. The number of aromatic nitrogens is 2. The summed E-state index contributed by atoms with van der Waals surface area (Å²) in [5.74, 6) is 0.292. The number of benzene rings is 3. The van der Waals surface area contributed by atoms with Gasteiger partial charge in [0.25, 0.3) is 10.0 Å². The highest BCUT2D eigenvalue weighted by molar-refractivity contribution is 9.10. The molecule has 0 saturated heterocycles. The molecular formula is C20H16BrN3O2S. The first-order valence-corrected chi connectivity index (χ1v) is 10.6. The topological polar surface area (TPSA) is 64.0 Å². The van der Waals surface area contributed by atoms with Crippen LogP contribution in [-0.4, -0.2) is 18.2 Å². The molecule has 0 saturated carbocycles. The van der Waals surface area contributed by atoms with Crippen molar-refractivity contribution >= 4 is 42.5 Å². The van der Waals surface area contributed by atoms with E-state index in [2.05, 4.69) is 25.8 Å². The summed E-state index contributed by atoms with van der Waals surface area (Å²) in [6.07, 6.45) is 1.75. The number of hydrogen-bond donors (Lipinski definition) is 1. The van der Waals surface area contributed by atoms with Crippen LogP contribution in [-0.2, 0) is 16.6 Å². The molecule has 7 heteroatoms. The Balaban J connectivity index is 1.53. The molecule has 0 aliphatic carbocycles. The van der Waals surface area contributed by atoms with Crippen molar-refractivity contribution in [3.8, 4) is 0 Å². The van der Waals surface area contributed by atoms with E-state index in [0.29, 0.717) is 12.4 Å². The van der Waals surface area contributed by atoms with Crippen molar-refractivity contribution in [3.63, 3.8) is 0 Å². The number of hydrogen-bond acceptors (Lipinski definition) is 3. The van der Waals surface area contributed by atoms with Crippen LogP contribution in [0.5, 0.6) is 0 Å². The number of sulfonamides is 1. The Bertz CT molecular complexity index is 1200. The zero-order valence-electron chi connectivity index (χ0n) is 14.2. The summed E-state index contributed by atoms with van der Waals surface area (Å²) in [6, 6.07) is 22.3. The maximum absolute atomic E-state index is 12.7. The summed E-state index contributed by atoms with van der Waals surface area (Å²) in [7, 11) is -3.70. The predicted octanol–water partition coefficient (Wildman–Crippen LogP) is 4.65. The number of rotatable bonds is 5. The van der Waals surface area contributed by atoms with Gasteiger partial charge in [0.05, 0.1) is 11.4 Å². The van der Waals surface area contributed by atoms with Crippen molar-refractivity contribution in [2.24, 2.45) is 0 Å². The van der Waals surface area contributed by atoms with E-state index < -0.39 is 10.0 Å². The Hall–Kier alpha value is -2.64. The average Bonchev–Trinajstić information content (AvgIpc) is 3.09. The SMILES string of the molecule is O=S(=O)(Nc1ccn(Cc2ccc(Br)cc2)n1)c1ccc2ccccc2c1. The van der Waals surface area contributed by atoms with E-state index in [4.69, 9.17) is 0 Å². The minimum Gasteiger partial charge on any atom is -0.266 e. The van der Waals surface area contributed by atoms with Gasteiger partial charge in [-0.15, -0.1) is 0 Å². The summed E-state index contributed by atoms with van der Waals surface area (Å²) in [5.41, 5.74) is 1.07. The van der Waals surface area contributed by atoms with Crippen molar-refractivity contribution < 1.29 is 8.42 Å². The van der Waals surface area contributed by atoms with Gasteiger partial charge >= 0.3 is 0 Å². The van der Waals surface area contributed by atoms with E-state index in [1.54, 1.807) is 35.1 Å². The van der Waals surface area contributed by atoms with Crippen LogP contribution in [0.3, 0.4) is 0 Å². The molecule has 3 aromatic carbocycles. The molecule has 0 atom stereocenters. The summed E-state index contributed by atoms with van der Waals surface area (Å²) >= 11 is 3.41. The van der Waals surface area contributed by atoms with Crippen molar-refractivity contribution in [1.82, 2.24) is 9.78 Å². The molecule has 0 radical (unpaired) electrons. The minimum absolute atomic E-state index is 0.212. The van der Waals surface area contributed by atoms with Gasteiger partial charge in [0, 0.05) is 16.7 Å². The van der Waals surface area contributed by atoms with Gasteiger partial charge in [0.15, 0.2) is 5.82 Å². The Morgan fingerprint density at radius 3 is 2.44 bits per heavy atom. The highest BCUT2D eigenvalue weighted by Crippen LogP contribution is 2.21. The normalized spacial score (nSPS) is 11.6. The van der Waals surface area contributed by atoms with Crippen LogP contribution in [0.1, 0.15) is 5.56 Å². The molecule has 0 aliphatic heterocycles. The molecule has 27 heavy (non-hydrogen) atoms. The van der Waals surface area contributed by atoms with Gasteiger partial charge in [0.2, 0.25) is 0 Å². The van der Waals surface area contributed by atoms with Crippen molar-refractivity contribution in [2.45, 2.75) is 11.4 Å². The van der Waals surface area contributed by atoms with Crippen LogP contribution in [0, 0.1) is 0 Å². The maximum atomic E-state index is 12.7. The molecule has 4 rings (SSSR count). The highest BCUT2D eigenvalue weighted by Gasteiger charge is 2.16. The molecule has 5 nitrogen and oxygen atoms in total. The van der Waals surface area contributed by atoms with Gasteiger partial charge in [-0.1, -0.05) is 58.4 Å². The quantitative estimate of drug-likeness (QED) is 0.490. The Morgan fingerprint density at radius 1 is 0.926 bits per heavy atom. The standard InChI is InChI=1S/C20H16BrN3O2S/c21-18-8-5-15(6-9-18)14-24-12-11-20(22-24)23-27(25,26)19-10-7-16-3-1-2-4-17(16)13-19/h1-13H,14H2,(H,22,23). The summed E-state index contributed by atoms with van der Waals surface area (Å²) in [4.78, 5) is 0.212. The Labute approximate surface area is 165 Å². The molecule has 0 unspecified atom stereocenters. The van der Waals surface area contributed by atoms with E-state index in [1.807, 2.05) is 48.5 Å². The molecule has 1 aromatic heterocycles. The summed E-state index contributed by atoms with van der Waals surface area (Å²) in [5, 5.41) is 6.19. The van der Waals surface area contributed by atoms with Gasteiger partial charge in [-0.25, -0.2) is 8.42 Å². The third-order valence-corrected chi connectivity index (χ3v) is 6.05. The molecular weight excluding hydrogens is 426 g/mol. The molecule has 0 amide bonds. The molecule has 1 heterocycles. The van der Waals surface area contributed by atoms with E-state index in [0.717, 1.165) is 20.8 Å². The smallest absolute Gasteiger partial charge is 0.263 e. The van der Waals surface area contributed by atoms with Crippen molar-refractivity contribution in [1.29, 1.82) is 0 Å². The molecule has 0 bridgehead atoms. The second-order valence-electron chi connectivity index (χ2n) is 6.14. The second-order valence-corrected chi connectivity index (χ2v) is 8.74. The van der Waals surface area contributed by atoms with Crippen LogP contribution in [0.25, 0.3) is 10.8 Å². The Kier molecular flexibility index (Phi) is 4.72.